The molecule has 0 aromatic carbocycles. The first-order chi connectivity index (χ1) is 6.02. The minimum absolute atomic E-state index is 0.0167. The van der Waals surface area contributed by atoms with Gasteiger partial charge in [0.15, 0.2) is 0 Å². The zero-order valence-corrected chi connectivity index (χ0v) is 7.30. The Balaban J connectivity index is 3.17. The standard InChI is InChI=1S/C8H6O4S/c9-7(10)5-2-1-4(13)3-6(5)8(11)12/h1-2H,3H2,(H,9,10)(H,11,12). The quantitative estimate of drug-likeness (QED) is 0.641. The molecule has 0 spiro atoms. The van der Waals surface area contributed by atoms with Gasteiger partial charge in [-0.1, -0.05) is 12.2 Å². The monoisotopic (exact) mass is 198 g/mol. The molecule has 5 heteroatoms. The van der Waals surface area contributed by atoms with Gasteiger partial charge in [-0.15, -0.1) is 0 Å². The molecule has 1 aliphatic carbocycles. The third-order valence-corrected chi connectivity index (χ3v) is 1.88. The summed E-state index contributed by atoms with van der Waals surface area (Å²) in [6.45, 7) is 0. The summed E-state index contributed by atoms with van der Waals surface area (Å²) in [4.78, 5) is 21.6. The van der Waals surface area contributed by atoms with E-state index in [0.29, 0.717) is 4.86 Å². The fourth-order valence-corrected chi connectivity index (χ4v) is 1.21. The Morgan fingerprint density at radius 3 is 2.31 bits per heavy atom. The van der Waals surface area contributed by atoms with E-state index in [-0.39, 0.29) is 17.6 Å². The summed E-state index contributed by atoms with van der Waals surface area (Å²) in [5, 5.41) is 17.3. The summed E-state index contributed by atoms with van der Waals surface area (Å²) in [6.07, 6.45) is 2.67. The third kappa shape index (κ3) is 2.00. The van der Waals surface area contributed by atoms with E-state index in [9.17, 15) is 9.59 Å². The van der Waals surface area contributed by atoms with Gasteiger partial charge in [-0.25, -0.2) is 9.59 Å². The second kappa shape index (κ2) is 3.49. The molecule has 0 fully saturated rings. The molecule has 2 N–H and O–H groups in total. The largest absolute Gasteiger partial charge is 0.478 e. The van der Waals surface area contributed by atoms with Gasteiger partial charge in [0.05, 0.1) is 11.1 Å². The third-order valence-electron chi connectivity index (χ3n) is 1.60. The number of carbonyl (C=O) groups is 2. The molecule has 0 saturated heterocycles. The number of thiocarbonyl (C=S) groups is 1. The summed E-state index contributed by atoms with van der Waals surface area (Å²) in [7, 11) is 0. The molecule has 13 heavy (non-hydrogen) atoms. The van der Waals surface area contributed by atoms with Crippen molar-refractivity contribution in [3.05, 3.63) is 23.3 Å². The maximum Gasteiger partial charge on any atom is 0.336 e. The van der Waals surface area contributed by atoms with Gasteiger partial charge in [-0.05, 0) is 12.2 Å². The fraction of sp³-hybridized carbons (Fsp3) is 0.125. The Labute approximate surface area is 79.2 Å². The van der Waals surface area contributed by atoms with E-state index >= 15 is 0 Å². The Hall–Kier alpha value is -1.49. The molecular formula is C8H6O4S. The van der Waals surface area contributed by atoms with E-state index < -0.39 is 11.9 Å². The van der Waals surface area contributed by atoms with Crippen LogP contribution in [0.2, 0.25) is 0 Å². The lowest BCUT2D eigenvalue weighted by molar-refractivity contribution is -0.135. The normalized spacial score (nSPS) is 16.2. The van der Waals surface area contributed by atoms with Crippen LogP contribution in [0, 0.1) is 0 Å². The topological polar surface area (TPSA) is 74.6 Å². The van der Waals surface area contributed by atoms with Gasteiger partial charge in [0.2, 0.25) is 0 Å². The Morgan fingerprint density at radius 2 is 1.85 bits per heavy atom. The molecular weight excluding hydrogens is 192 g/mol. The number of carboxylic acid groups (broad SMARTS) is 2. The Kier molecular flexibility index (Phi) is 2.57. The van der Waals surface area contributed by atoms with E-state index in [1.807, 2.05) is 0 Å². The van der Waals surface area contributed by atoms with Gasteiger partial charge in [0, 0.05) is 11.3 Å². The van der Waals surface area contributed by atoms with Gasteiger partial charge >= 0.3 is 11.9 Å². The molecule has 0 unspecified atom stereocenters. The lowest BCUT2D eigenvalue weighted by atomic mass is 9.98. The highest BCUT2D eigenvalue weighted by Gasteiger charge is 2.21. The second-order valence-electron chi connectivity index (χ2n) is 2.48. The van der Waals surface area contributed by atoms with Crippen molar-refractivity contribution in [2.75, 3.05) is 0 Å². The van der Waals surface area contributed by atoms with Crippen LogP contribution in [0.5, 0.6) is 0 Å². The maximum absolute atomic E-state index is 10.6. The summed E-state index contributed by atoms with van der Waals surface area (Å²) in [5.74, 6) is -2.47. The van der Waals surface area contributed by atoms with Crippen molar-refractivity contribution in [2.24, 2.45) is 0 Å². The van der Waals surface area contributed by atoms with E-state index in [2.05, 4.69) is 0 Å². The molecule has 0 heterocycles. The Bertz CT molecular complexity index is 351. The second-order valence-corrected chi connectivity index (χ2v) is 3.00. The summed E-state index contributed by atoms with van der Waals surface area (Å²) in [6, 6.07) is 0. The Morgan fingerprint density at radius 1 is 1.23 bits per heavy atom. The predicted molar refractivity (Wildman–Crippen MR) is 48.7 cm³/mol. The predicted octanol–water partition coefficient (Wildman–Crippen LogP) is 0.782. The molecule has 4 nitrogen and oxygen atoms in total. The number of hydrogen-bond donors (Lipinski definition) is 2. The van der Waals surface area contributed by atoms with E-state index in [4.69, 9.17) is 22.4 Å². The van der Waals surface area contributed by atoms with Crippen LogP contribution in [0.15, 0.2) is 23.3 Å². The smallest absolute Gasteiger partial charge is 0.336 e. The summed E-state index contributed by atoms with van der Waals surface area (Å²) >= 11 is 4.76. The van der Waals surface area contributed by atoms with Crippen molar-refractivity contribution < 1.29 is 19.8 Å². The highest BCUT2D eigenvalue weighted by atomic mass is 32.1. The van der Waals surface area contributed by atoms with Crippen LogP contribution >= 0.6 is 12.2 Å². The van der Waals surface area contributed by atoms with Crippen LogP contribution in [0.1, 0.15) is 6.42 Å². The molecule has 1 aliphatic rings. The van der Waals surface area contributed by atoms with Gasteiger partial charge in [-0.2, -0.15) is 0 Å². The zero-order chi connectivity index (χ0) is 10.0. The maximum atomic E-state index is 10.6. The lowest BCUT2D eigenvalue weighted by Crippen LogP contribution is -2.15. The van der Waals surface area contributed by atoms with Gasteiger partial charge in [0.25, 0.3) is 0 Å². The summed E-state index contributed by atoms with van der Waals surface area (Å²) < 4.78 is 0. The van der Waals surface area contributed by atoms with Crippen LogP contribution < -0.4 is 0 Å². The highest BCUT2D eigenvalue weighted by molar-refractivity contribution is 7.80. The molecule has 0 radical (unpaired) electrons. The van der Waals surface area contributed by atoms with E-state index in [1.54, 1.807) is 0 Å². The average Bonchev–Trinajstić information content (AvgIpc) is 2.03. The van der Waals surface area contributed by atoms with Gasteiger partial charge in [0.1, 0.15) is 0 Å². The minimum atomic E-state index is -1.24. The number of rotatable bonds is 2. The zero-order valence-electron chi connectivity index (χ0n) is 6.48. The van der Waals surface area contributed by atoms with Crippen molar-refractivity contribution in [2.45, 2.75) is 6.42 Å². The SMILES string of the molecule is O=C(O)C1=C(C(=O)O)CC(=S)C=C1. The van der Waals surface area contributed by atoms with Gasteiger partial charge in [-0.3, -0.25) is 0 Å². The number of carboxylic acids is 2. The first-order valence-corrected chi connectivity index (χ1v) is 3.84. The van der Waals surface area contributed by atoms with Crippen LogP contribution in [0.4, 0.5) is 0 Å². The van der Waals surface area contributed by atoms with Crippen molar-refractivity contribution in [3.8, 4) is 0 Å². The number of hydrogen-bond acceptors (Lipinski definition) is 3. The average molecular weight is 198 g/mol. The molecule has 1 rings (SSSR count). The molecule has 0 bridgehead atoms. The number of aliphatic carboxylic acids is 2. The van der Waals surface area contributed by atoms with Gasteiger partial charge < -0.3 is 10.2 Å². The van der Waals surface area contributed by atoms with Crippen LogP contribution in [-0.4, -0.2) is 27.0 Å². The molecule has 0 aromatic rings. The molecule has 0 amide bonds. The first-order valence-electron chi connectivity index (χ1n) is 3.43. The van der Waals surface area contributed by atoms with Crippen molar-refractivity contribution in [1.82, 2.24) is 0 Å². The molecule has 0 aromatic heterocycles. The molecule has 68 valence electrons. The fourth-order valence-electron chi connectivity index (χ4n) is 0.996. The van der Waals surface area contributed by atoms with Crippen molar-refractivity contribution in [3.63, 3.8) is 0 Å². The van der Waals surface area contributed by atoms with Crippen molar-refractivity contribution >= 4 is 29.0 Å². The summed E-state index contributed by atoms with van der Waals surface area (Å²) in [5.41, 5.74) is -0.346. The van der Waals surface area contributed by atoms with Crippen molar-refractivity contribution in [1.29, 1.82) is 0 Å². The van der Waals surface area contributed by atoms with Crippen LogP contribution in [0.3, 0.4) is 0 Å². The number of allylic oxidation sites excluding steroid dienone is 1. The van der Waals surface area contributed by atoms with Crippen LogP contribution in [0.25, 0.3) is 0 Å². The lowest BCUT2D eigenvalue weighted by Gasteiger charge is -2.09. The first kappa shape index (κ1) is 9.60. The minimum Gasteiger partial charge on any atom is -0.478 e. The van der Waals surface area contributed by atoms with E-state index in [0.717, 1.165) is 0 Å². The van der Waals surface area contributed by atoms with Crippen LogP contribution in [-0.2, 0) is 9.59 Å². The molecule has 0 aliphatic heterocycles. The molecule has 0 saturated carbocycles. The molecule has 0 atom stereocenters. The van der Waals surface area contributed by atoms with E-state index in [1.165, 1.54) is 12.2 Å². The highest BCUT2D eigenvalue weighted by Crippen LogP contribution is 2.18.